The highest BCUT2D eigenvalue weighted by atomic mass is 19.4. The smallest absolute Gasteiger partial charge is 0.374 e. The summed E-state index contributed by atoms with van der Waals surface area (Å²) < 4.78 is 44.2. The molecule has 0 aliphatic carbocycles. The maximum atomic E-state index is 12.9. The minimum atomic E-state index is -4.43. The average molecular weight is 265 g/mol. The Morgan fingerprint density at radius 2 is 2.06 bits per heavy atom. The Hall–Kier alpha value is -0.780. The number of carbonyl (C=O) groups is 1. The van der Waals surface area contributed by atoms with Crippen molar-refractivity contribution in [3.63, 3.8) is 0 Å². The molecular weight excluding hydrogens is 247 g/mol. The first-order valence-electron chi connectivity index (χ1n) is 6.31. The van der Waals surface area contributed by atoms with E-state index in [1.807, 2.05) is 0 Å². The van der Waals surface area contributed by atoms with Gasteiger partial charge in [0.1, 0.15) is 5.54 Å². The van der Waals surface area contributed by atoms with Crippen LogP contribution >= 0.6 is 0 Å². The fourth-order valence-electron chi connectivity index (χ4n) is 2.64. The van der Waals surface area contributed by atoms with E-state index < -0.39 is 23.5 Å². The molecule has 2 bridgehead atoms. The molecule has 6 heteroatoms. The summed E-state index contributed by atoms with van der Waals surface area (Å²) in [6.45, 7) is 2.45. The lowest BCUT2D eigenvalue weighted by Gasteiger charge is -2.33. The monoisotopic (exact) mass is 265 g/mol. The van der Waals surface area contributed by atoms with Gasteiger partial charge in [-0.15, -0.1) is 0 Å². The summed E-state index contributed by atoms with van der Waals surface area (Å²) in [4.78, 5) is 12.0. The van der Waals surface area contributed by atoms with Crippen molar-refractivity contribution in [2.75, 3.05) is 0 Å². The fourth-order valence-corrected chi connectivity index (χ4v) is 2.64. The Labute approximate surface area is 104 Å². The van der Waals surface area contributed by atoms with E-state index in [9.17, 15) is 18.0 Å². The molecule has 1 amide bonds. The minimum absolute atomic E-state index is 0.0597. The van der Waals surface area contributed by atoms with Gasteiger partial charge in [0, 0.05) is 0 Å². The number of hydrogen-bond donors (Lipinski definition) is 1. The molecular formula is C12H18F3NO2. The molecule has 3 nitrogen and oxygen atoms in total. The van der Waals surface area contributed by atoms with Crippen LogP contribution in [0.15, 0.2) is 0 Å². The summed E-state index contributed by atoms with van der Waals surface area (Å²) in [7, 11) is 0. The molecule has 0 unspecified atom stereocenters. The zero-order chi connectivity index (χ0) is 13.6. The van der Waals surface area contributed by atoms with Gasteiger partial charge in [0.2, 0.25) is 5.91 Å². The molecule has 0 aromatic rings. The van der Waals surface area contributed by atoms with Gasteiger partial charge in [0.25, 0.3) is 0 Å². The standard InChI is InChI=1S/C12H18F3NO2/c1-3-11(2,12(13,14)15)16-10(17)8-6-7-4-5-9(8)18-7/h7-9H,3-6H2,1-2H3,(H,16,17)/t7-,8-,9-,11-/m1/s1. The molecule has 4 atom stereocenters. The van der Waals surface area contributed by atoms with E-state index >= 15 is 0 Å². The summed E-state index contributed by atoms with van der Waals surface area (Å²) >= 11 is 0. The first kappa shape index (κ1) is 13.6. The van der Waals surface area contributed by atoms with Crippen molar-refractivity contribution in [3.05, 3.63) is 0 Å². The van der Waals surface area contributed by atoms with E-state index in [1.165, 1.54) is 6.92 Å². The van der Waals surface area contributed by atoms with Gasteiger partial charge in [-0.1, -0.05) is 6.92 Å². The van der Waals surface area contributed by atoms with Gasteiger partial charge in [0.15, 0.2) is 0 Å². The molecule has 0 saturated carbocycles. The number of ether oxygens (including phenoxy) is 1. The van der Waals surface area contributed by atoms with E-state index in [1.54, 1.807) is 0 Å². The van der Waals surface area contributed by atoms with E-state index in [0.717, 1.165) is 19.8 Å². The van der Waals surface area contributed by atoms with Crippen LogP contribution in [0.2, 0.25) is 0 Å². The van der Waals surface area contributed by atoms with Crippen LogP contribution in [0.25, 0.3) is 0 Å². The maximum Gasteiger partial charge on any atom is 0.411 e. The number of halogens is 3. The van der Waals surface area contributed by atoms with Gasteiger partial charge in [0.05, 0.1) is 18.1 Å². The molecule has 2 fully saturated rings. The Morgan fingerprint density at radius 1 is 1.39 bits per heavy atom. The number of carbonyl (C=O) groups excluding carboxylic acids is 1. The lowest BCUT2D eigenvalue weighted by Crippen LogP contribution is -2.58. The van der Waals surface area contributed by atoms with E-state index in [4.69, 9.17) is 4.74 Å². The van der Waals surface area contributed by atoms with Gasteiger partial charge in [-0.3, -0.25) is 4.79 Å². The Kier molecular flexibility index (Phi) is 3.34. The largest absolute Gasteiger partial charge is 0.411 e. The van der Waals surface area contributed by atoms with Crippen LogP contribution in [0.5, 0.6) is 0 Å². The lowest BCUT2D eigenvalue weighted by molar-refractivity contribution is -0.195. The lowest BCUT2D eigenvalue weighted by atomic mass is 9.87. The summed E-state index contributed by atoms with van der Waals surface area (Å²) in [5.74, 6) is -0.944. The molecule has 2 heterocycles. The number of hydrogen-bond acceptors (Lipinski definition) is 2. The zero-order valence-electron chi connectivity index (χ0n) is 10.5. The van der Waals surface area contributed by atoms with Crippen molar-refractivity contribution in [1.29, 1.82) is 0 Å². The second kappa shape index (κ2) is 4.40. The number of amides is 1. The van der Waals surface area contributed by atoms with Crippen LogP contribution in [0, 0.1) is 5.92 Å². The van der Waals surface area contributed by atoms with Gasteiger partial charge in [-0.2, -0.15) is 13.2 Å². The highest BCUT2D eigenvalue weighted by Gasteiger charge is 2.53. The minimum Gasteiger partial charge on any atom is -0.374 e. The second-order valence-corrected chi connectivity index (χ2v) is 5.39. The van der Waals surface area contributed by atoms with Gasteiger partial charge < -0.3 is 10.1 Å². The van der Waals surface area contributed by atoms with Crippen LogP contribution < -0.4 is 5.32 Å². The molecule has 2 aliphatic rings. The third kappa shape index (κ3) is 2.22. The first-order chi connectivity index (χ1) is 8.27. The third-order valence-electron chi connectivity index (χ3n) is 4.17. The molecule has 2 saturated heterocycles. The highest BCUT2D eigenvalue weighted by molar-refractivity contribution is 5.80. The van der Waals surface area contributed by atoms with Crippen LogP contribution in [0.1, 0.15) is 39.5 Å². The molecule has 0 aromatic heterocycles. The normalized spacial score (nSPS) is 34.4. The average Bonchev–Trinajstić information content (AvgIpc) is 2.88. The summed E-state index contributed by atoms with van der Waals surface area (Å²) in [6.07, 6.45) is -2.50. The van der Waals surface area contributed by atoms with E-state index in [-0.39, 0.29) is 18.6 Å². The Bertz CT molecular complexity index is 345. The maximum absolute atomic E-state index is 12.9. The third-order valence-corrected chi connectivity index (χ3v) is 4.17. The SMILES string of the molecule is CC[C@@](C)(NC(=O)[C@@H]1C[C@H]2CC[C@H]1O2)C(F)(F)F. The van der Waals surface area contributed by atoms with Gasteiger partial charge >= 0.3 is 6.18 Å². The van der Waals surface area contributed by atoms with Crippen molar-refractivity contribution in [2.24, 2.45) is 5.92 Å². The number of fused-ring (bicyclic) bond motifs is 2. The summed E-state index contributed by atoms with van der Waals surface area (Å²) in [5.41, 5.74) is -2.15. The first-order valence-corrected chi connectivity index (χ1v) is 6.31. The molecule has 18 heavy (non-hydrogen) atoms. The Morgan fingerprint density at radius 3 is 2.44 bits per heavy atom. The molecule has 0 radical (unpaired) electrons. The van der Waals surface area contributed by atoms with Crippen LogP contribution in [0.4, 0.5) is 13.2 Å². The summed E-state index contributed by atoms with van der Waals surface area (Å²) in [5, 5.41) is 2.17. The molecule has 1 N–H and O–H groups in total. The van der Waals surface area contributed by atoms with Crippen molar-refractivity contribution in [2.45, 2.75) is 63.5 Å². The topological polar surface area (TPSA) is 38.3 Å². The predicted molar refractivity (Wildman–Crippen MR) is 58.9 cm³/mol. The molecule has 0 aromatic carbocycles. The van der Waals surface area contributed by atoms with Gasteiger partial charge in [-0.25, -0.2) is 0 Å². The van der Waals surface area contributed by atoms with E-state index in [2.05, 4.69) is 5.32 Å². The molecule has 104 valence electrons. The van der Waals surface area contributed by atoms with Crippen molar-refractivity contribution in [1.82, 2.24) is 5.32 Å². The van der Waals surface area contributed by atoms with Crippen molar-refractivity contribution in [3.8, 4) is 0 Å². The summed E-state index contributed by atoms with van der Waals surface area (Å²) in [6, 6.07) is 0. The molecule has 2 rings (SSSR count). The highest BCUT2D eigenvalue weighted by Crippen LogP contribution is 2.40. The predicted octanol–water partition coefficient (Wildman–Crippen LogP) is 2.40. The quantitative estimate of drug-likeness (QED) is 0.851. The zero-order valence-corrected chi connectivity index (χ0v) is 10.5. The molecule has 0 spiro atoms. The van der Waals surface area contributed by atoms with Crippen molar-refractivity contribution < 1.29 is 22.7 Å². The van der Waals surface area contributed by atoms with Gasteiger partial charge in [-0.05, 0) is 32.6 Å². The van der Waals surface area contributed by atoms with Crippen LogP contribution in [-0.2, 0) is 9.53 Å². The van der Waals surface area contributed by atoms with E-state index in [0.29, 0.717) is 6.42 Å². The number of rotatable bonds is 3. The Balaban J connectivity index is 2.02. The van der Waals surface area contributed by atoms with Crippen LogP contribution in [-0.4, -0.2) is 29.8 Å². The number of alkyl halides is 3. The van der Waals surface area contributed by atoms with Crippen LogP contribution in [0.3, 0.4) is 0 Å². The number of nitrogens with one attached hydrogen (secondary N) is 1. The molecule has 2 aliphatic heterocycles. The second-order valence-electron chi connectivity index (χ2n) is 5.39. The van der Waals surface area contributed by atoms with Crippen molar-refractivity contribution >= 4 is 5.91 Å². The fraction of sp³-hybridized carbons (Fsp3) is 0.917.